The van der Waals surface area contributed by atoms with Crippen LogP contribution in [0.15, 0.2) is 0 Å². The van der Waals surface area contributed by atoms with Gasteiger partial charge in [-0.25, -0.2) is 4.79 Å². The van der Waals surface area contributed by atoms with Crippen molar-refractivity contribution >= 4 is 12.0 Å². The summed E-state index contributed by atoms with van der Waals surface area (Å²) in [6.45, 7) is 3.13. The van der Waals surface area contributed by atoms with Crippen molar-refractivity contribution in [2.24, 2.45) is 0 Å². The number of amides is 2. The normalized spacial score (nSPS) is 21.8. The number of carboxylic acid groups (broad SMARTS) is 1. The van der Waals surface area contributed by atoms with Crippen LogP contribution < -0.4 is 5.32 Å². The third-order valence-corrected chi connectivity index (χ3v) is 1.97. The van der Waals surface area contributed by atoms with Gasteiger partial charge in [0.1, 0.15) is 0 Å². The van der Waals surface area contributed by atoms with Crippen molar-refractivity contribution in [3.05, 3.63) is 0 Å². The Bertz CT molecular complexity index is 217. The van der Waals surface area contributed by atoms with E-state index in [2.05, 4.69) is 5.32 Å². The minimum absolute atomic E-state index is 0.0853. The third-order valence-electron chi connectivity index (χ3n) is 1.97. The Kier molecular flexibility index (Phi) is 3.11. The number of hydrogen-bond donors (Lipinski definition) is 2. The van der Waals surface area contributed by atoms with E-state index in [0.29, 0.717) is 19.5 Å². The third kappa shape index (κ3) is 2.93. The van der Waals surface area contributed by atoms with Crippen LogP contribution in [0.1, 0.15) is 19.8 Å². The first-order valence-corrected chi connectivity index (χ1v) is 4.37. The van der Waals surface area contributed by atoms with Gasteiger partial charge in [-0.2, -0.15) is 0 Å². The Balaban J connectivity index is 2.22. The molecule has 0 aliphatic carbocycles. The molecule has 1 aliphatic heterocycles. The fourth-order valence-corrected chi connectivity index (χ4v) is 1.38. The summed E-state index contributed by atoms with van der Waals surface area (Å²) in [7, 11) is 0. The van der Waals surface area contributed by atoms with E-state index >= 15 is 0 Å². The first-order valence-electron chi connectivity index (χ1n) is 4.37. The summed E-state index contributed by atoms with van der Waals surface area (Å²) in [4.78, 5) is 23.0. The van der Waals surface area contributed by atoms with Gasteiger partial charge in [-0.15, -0.1) is 0 Å². The molecule has 0 aromatic carbocycles. The predicted molar refractivity (Wildman–Crippen MR) is 46.4 cm³/mol. The highest BCUT2D eigenvalue weighted by molar-refractivity contribution is 5.76. The topological polar surface area (TPSA) is 69.6 Å². The Hall–Kier alpha value is -1.26. The van der Waals surface area contributed by atoms with E-state index in [1.165, 1.54) is 0 Å². The van der Waals surface area contributed by atoms with Gasteiger partial charge in [-0.05, 0) is 13.3 Å². The first kappa shape index (κ1) is 9.83. The highest BCUT2D eigenvalue weighted by Gasteiger charge is 2.24. The molecule has 0 aromatic heterocycles. The average Bonchev–Trinajstić information content (AvgIpc) is 2.29. The maximum Gasteiger partial charge on any atom is 0.317 e. The van der Waals surface area contributed by atoms with Gasteiger partial charge in [-0.1, -0.05) is 0 Å². The van der Waals surface area contributed by atoms with Gasteiger partial charge in [0, 0.05) is 25.6 Å². The summed E-state index contributed by atoms with van der Waals surface area (Å²) >= 11 is 0. The molecule has 2 amide bonds. The minimum atomic E-state index is -0.812. The van der Waals surface area contributed by atoms with Crippen molar-refractivity contribution in [1.82, 2.24) is 10.2 Å². The van der Waals surface area contributed by atoms with E-state index < -0.39 is 5.97 Å². The van der Waals surface area contributed by atoms with Crippen molar-refractivity contribution in [1.29, 1.82) is 0 Å². The van der Waals surface area contributed by atoms with Crippen LogP contribution in [0.3, 0.4) is 0 Å². The SMILES string of the molecule is CC1CN(CCCC(=O)O)C(=O)N1. The van der Waals surface area contributed by atoms with Gasteiger partial charge < -0.3 is 15.3 Å². The van der Waals surface area contributed by atoms with E-state index in [9.17, 15) is 9.59 Å². The lowest BCUT2D eigenvalue weighted by atomic mass is 10.3. The van der Waals surface area contributed by atoms with Crippen LogP contribution in [0.2, 0.25) is 0 Å². The highest BCUT2D eigenvalue weighted by Crippen LogP contribution is 2.04. The van der Waals surface area contributed by atoms with Crippen molar-refractivity contribution in [3.63, 3.8) is 0 Å². The molecule has 0 spiro atoms. The van der Waals surface area contributed by atoms with Crippen LogP contribution in [0.5, 0.6) is 0 Å². The molecule has 0 aromatic rings. The van der Waals surface area contributed by atoms with Crippen molar-refractivity contribution < 1.29 is 14.7 Å². The molecule has 0 bridgehead atoms. The quantitative estimate of drug-likeness (QED) is 0.661. The fourth-order valence-electron chi connectivity index (χ4n) is 1.38. The smallest absolute Gasteiger partial charge is 0.317 e. The van der Waals surface area contributed by atoms with Gasteiger partial charge in [0.15, 0.2) is 0 Å². The number of aliphatic carboxylic acids is 1. The molecular weight excluding hydrogens is 172 g/mol. The highest BCUT2D eigenvalue weighted by atomic mass is 16.4. The Labute approximate surface area is 76.7 Å². The number of carbonyl (C=O) groups is 2. The van der Waals surface area contributed by atoms with Crippen LogP contribution in [-0.2, 0) is 4.79 Å². The van der Waals surface area contributed by atoms with E-state index in [-0.39, 0.29) is 18.5 Å². The minimum Gasteiger partial charge on any atom is -0.481 e. The van der Waals surface area contributed by atoms with Crippen molar-refractivity contribution in [2.75, 3.05) is 13.1 Å². The van der Waals surface area contributed by atoms with Crippen LogP contribution in [0.4, 0.5) is 4.79 Å². The molecule has 1 heterocycles. The van der Waals surface area contributed by atoms with Gasteiger partial charge in [-0.3, -0.25) is 4.79 Å². The second kappa shape index (κ2) is 4.11. The molecule has 5 heteroatoms. The van der Waals surface area contributed by atoms with Gasteiger partial charge in [0.25, 0.3) is 0 Å². The second-order valence-corrected chi connectivity index (χ2v) is 3.29. The molecule has 0 radical (unpaired) electrons. The fraction of sp³-hybridized carbons (Fsp3) is 0.750. The summed E-state index contributed by atoms with van der Waals surface area (Å²) < 4.78 is 0. The van der Waals surface area contributed by atoms with Crippen LogP contribution in [-0.4, -0.2) is 41.1 Å². The summed E-state index contributed by atoms with van der Waals surface area (Å²) in [5.74, 6) is -0.812. The summed E-state index contributed by atoms with van der Waals surface area (Å²) in [5, 5.41) is 11.1. The molecule has 1 rings (SSSR count). The molecule has 1 aliphatic rings. The standard InChI is InChI=1S/C8H14N2O3/c1-6-5-10(8(13)9-6)4-2-3-7(11)12/h6H,2-5H2,1H3,(H,9,13)(H,11,12). The molecular formula is C8H14N2O3. The molecule has 1 unspecified atom stereocenters. The van der Waals surface area contributed by atoms with Crippen molar-refractivity contribution in [3.8, 4) is 0 Å². The van der Waals surface area contributed by atoms with E-state index in [0.717, 1.165) is 0 Å². The second-order valence-electron chi connectivity index (χ2n) is 3.29. The van der Waals surface area contributed by atoms with Crippen molar-refractivity contribution in [2.45, 2.75) is 25.8 Å². The molecule has 1 saturated heterocycles. The molecule has 1 atom stereocenters. The molecule has 5 nitrogen and oxygen atoms in total. The molecule has 74 valence electrons. The summed E-state index contributed by atoms with van der Waals surface area (Å²) in [5.41, 5.74) is 0. The number of urea groups is 1. The zero-order valence-electron chi connectivity index (χ0n) is 7.62. The number of carbonyl (C=O) groups excluding carboxylic acids is 1. The molecule has 0 saturated carbocycles. The molecule has 1 fully saturated rings. The summed E-state index contributed by atoms with van der Waals surface area (Å²) in [6.07, 6.45) is 0.646. The number of nitrogens with zero attached hydrogens (tertiary/aromatic N) is 1. The van der Waals surface area contributed by atoms with Gasteiger partial charge in [0.05, 0.1) is 0 Å². The van der Waals surface area contributed by atoms with Crippen LogP contribution >= 0.6 is 0 Å². The lowest BCUT2D eigenvalue weighted by molar-refractivity contribution is -0.137. The predicted octanol–water partition coefficient (Wildman–Crippen LogP) is 0.265. The van der Waals surface area contributed by atoms with Crippen LogP contribution in [0.25, 0.3) is 0 Å². The number of rotatable bonds is 4. The van der Waals surface area contributed by atoms with E-state index in [1.807, 2.05) is 6.92 Å². The zero-order valence-corrected chi connectivity index (χ0v) is 7.62. The van der Waals surface area contributed by atoms with Gasteiger partial charge >= 0.3 is 12.0 Å². The summed E-state index contributed by atoms with van der Waals surface area (Å²) in [6, 6.07) is 0.0928. The largest absolute Gasteiger partial charge is 0.481 e. The van der Waals surface area contributed by atoms with Crippen LogP contribution in [0, 0.1) is 0 Å². The average molecular weight is 186 g/mol. The number of nitrogens with one attached hydrogen (secondary N) is 1. The van der Waals surface area contributed by atoms with E-state index in [4.69, 9.17) is 5.11 Å². The Morgan fingerprint density at radius 1 is 1.77 bits per heavy atom. The number of hydrogen-bond acceptors (Lipinski definition) is 2. The number of carboxylic acids is 1. The van der Waals surface area contributed by atoms with Gasteiger partial charge in [0.2, 0.25) is 0 Å². The maximum atomic E-state index is 11.1. The lowest BCUT2D eigenvalue weighted by Gasteiger charge is -2.12. The molecule has 2 N–H and O–H groups in total. The Morgan fingerprint density at radius 3 is 2.92 bits per heavy atom. The monoisotopic (exact) mass is 186 g/mol. The molecule has 13 heavy (non-hydrogen) atoms. The Morgan fingerprint density at radius 2 is 2.46 bits per heavy atom. The lowest BCUT2D eigenvalue weighted by Crippen LogP contribution is -2.29. The first-order chi connectivity index (χ1) is 6.09. The maximum absolute atomic E-state index is 11.1. The zero-order chi connectivity index (χ0) is 9.84. The van der Waals surface area contributed by atoms with E-state index in [1.54, 1.807) is 4.90 Å².